The van der Waals surface area contributed by atoms with Crippen LogP contribution in [0, 0.1) is 6.92 Å². The zero-order chi connectivity index (χ0) is 20.5. The van der Waals surface area contributed by atoms with Gasteiger partial charge in [-0.25, -0.2) is 0 Å². The number of anilines is 2. The topological polar surface area (TPSA) is 93.7 Å². The van der Waals surface area contributed by atoms with Gasteiger partial charge in [0, 0.05) is 17.1 Å². The number of hydrogen-bond donors (Lipinski definition) is 2. The number of amides is 2. The molecule has 0 saturated carbocycles. The Bertz CT molecular complexity index is 869. The fraction of sp³-hybridized carbons (Fsp3) is 0.250. The molecule has 0 fully saturated rings. The number of halogens is 1. The molecule has 2 N–H and O–H groups in total. The molecule has 0 bridgehead atoms. The van der Waals surface area contributed by atoms with Crippen LogP contribution in [0.15, 0.2) is 42.5 Å². The average Bonchev–Trinajstić information content (AvgIpc) is 2.65. The van der Waals surface area contributed by atoms with Crippen molar-refractivity contribution in [1.29, 1.82) is 0 Å². The molecule has 2 amide bonds. The summed E-state index contributed by atoms with van der Waals surface area (Å²) in [5.74, 6) is -1.07. The predicted molar refractivity (Wildman–Crippen MR) is 107 cm³/mol. The second-order valence-electron chi connectivity index (χ2n) is 5.97. The molecule has 0 aliphatic carbocycles. The Morgan fingerprint density at radius 1 is 1.00 bits per heavy atom. The molecule has 7 nitrogen and oxygen atoms in total. The Kier molecular flexibility index (Phi) is 7.83. The highest BCUT2D eigenvalue weighted by molar-refractivity contribution is 6.31. The Hall–Kier alpha value is -3.06. The Labute approximate surface area is 168 Å². The molecule has 2 rings (SSSR count). The minimum Gasteiger partial charge on any atom is -0.495 e. The summed E-state index contributed by atoms with van der Waals surface area (Å²) in [6.07, 6.45) is -0.179. The van der Waals surface area contributed by atoms with Gasteiger partial charge < -0.3 is 20.1 Å². The highest BCUT2D eigenvalue weighted by Crippen LogP contribution is 2.27. The van der Waals surface area contributed by atoms with E-state index in [1.54, 1.807) is 18.2 Å². The van der Waals surface area contributed by atoms with E-state index in [1.807, 2.05) is 25.1 Å². The van der Waals surface area contributed by atoms with Gasteiger partial charge in [0.25, 0.3) is 5.91 Å². The van der Waals surface area contributed by atoms with Crippen LogP contribution in [0.1, 0.15) is 18.4 Å². The number of aryl methyl sites for hydroxylation is 1. The number of carbonyl (C=O) groups is 3. The van der Waals surface area contributed by atoms with Crippen molar-refractivity contribution in [2.24, 2.45) is 0 Å². The van der Waals surface area contributed by atoms with Crippen LogP contribution in [-0.4, -0.2) is 31.5 Å². The molecule has 0 saturated heterocycles. The number of methoxy groups -OCH3 is 1. The lowest BCUT2D eigenvalue weighted by molar-refractivity contribution is -0.147. The van der Waals surface area contributed by atoms with Gasteiger partial charge in [-0.3, -0.25) is 14.4 Å². The van der Waals surface area contributed by atoms with E-state index in [4.69, 9.17) is 21.1 Å². The van der Waals surface area contributed by atoms with Crippen molar-refractivity contribution in [2.75, 3.05) is 24.4 Å². The molecule has 0 aromatic heterocycles. The van der Waals surface area contributed by atoms with E-state index in [-0.39, 0.29) is 18.7 Å². The van der Waals surface area contributed by atoms with Crippen molar-refractivity contribution in [3.8, 4) is 5.75 Å². The number of nitrogens with one attached hydrogen (secondary N) is 2. The summed E-state index contributed by atoms with van der Waals surface area (Å²) < 4.78 is 10.0. The predicted octanol–water partition coefficient (Wildman–Crippen LogP) is 3.56. The van der Waals surface area contributed by atoms with Crippen molar-refractivity contribution < 1.29 is 23.9 Å². The lowest BCUT2D eigenvalue weighted by Gasteiger charge is -2.11. The summed E-state index contributed by atoms with van der Waals surface area (Å²) in [7, 11) is 1.46. The van der Waals surface area contributed by atoms with Crippen LogP contribution in [0.4, 0.5) is 11.4 Å². The fourth-order valence-electron chi connectivity index (χ4n) is 2.34. The molecule has 2 aromatic carbocycles. The first-order chi connectivity index (χ1) is 13.4. The number of carbonyl (C=O) groups excluding carboxylic acids is 3. The number of rotatable bonds is 8. The average molecular weight is 405 g/mol. The highest BCUT2D eigenvalue weighted by atomic mass is 35.5. The molecule has 0 aliphatic rings. The lowest BCUT2D eigenvalue weighted by Crippen LogP contribution is -2.22. The summed E-state index contributed by atoms with van der Waals surface area (Å²) in [6.45, 7) is 1.44. The van der Waals surface area contributed by atoms with Gasteiger partial charge in [-0.2, -0.15) is 0 Å². The maximum atomic E-state index is 11.9. The minimum atomic E-state index is -0.646. The Balaban J connectivity index is 1.74. The van der Waals surface area contributed by atoms with E-state index in [9.17, 15) is 14.4 Å². The molecule has 148 valence electrons. The summed E-state index contributed by atoms with van der Waals surface area (Å²) in [6, 6.07) is 12.1. The third-order valence-electron chi connectivity index (χ3n) is 3.66. The molecular weight excluding hydrogens is 384 g/mol. The van der Waals surface area contributed by atoms with Crippen molar-refractivity contribution >= 4 is 40.8 Å². The minimum absolute atomic E-state index is 0.0451. The van der Waals surface area contributed by atoms with E-state index in [2.05, 4.69) is 10.6 Å². The first-order valence-corrected chi connectivity index (χ1v) is 8.90. The largest absolute Gasteiger partial charge is 0.495 e. The van der Waals surface area contributed by atoms with Gasteiger partial charge >= 0.3 is 5.97 Å². The maximum Gasteiger partial charge on any atom is 0.306 e. The molecule has 0 radical (unpaired) electrons. The lowest BCUT2D eigenvalue weighted by atomic mass is 10.2. The van der Waals surface area contributed by atoms with Crippen LogP contribution in [-0.2, 0) is 19.1 Å². The summed E-state index contributed by atoms with van der Waals surface area (Å²) in [5.41, 5.74) is 2.04. The number of esters is 1. The van der Waals surface area contributed by atoms with Gasteiger partial charge in [0.2, 0.25) is 5.91 Å². The van der Waals surface area contributed by atoms with Crippen LogP contribution in [0.5, 0.6) is 5.75 Å². The molecule has 0 aliphatic heterocycles. The highest BCUT2D eigenvalue weighted by Gasteiger charge is 2.13. The number of benzene rings is 2. The second kappa shape index (κ2) is 10.3. The van der Waals surface area contributed by atoms with Gasteiger partial charge in [-0.1, -0.05) is 23.7 Å². The van der Waals surface area contributed by atoms with Crippen LogP contribution in [0.2, 0.25) is 5.02 Å². The van der Waals surface area contributed by atoms with E-state index in [0.29, 0.717) is 22.1 Å². The Morgan fingerprint density at radius 3 is 2.50 bits per heavy atom. The van der Waals surface area contributed by atoms with Crippen LogP contribution in [0.25, 0.3) is 0 Å². The SMILES string of the molecule is COc1ccc(Cl)cc1NC(=O)COC(=O)CCC(=O)Nc1cccc(C)c1. The summed E-state index contributed by atoms with van der Waals surface area (Å²) in [4.78, 5) is 35.6. The molecule has 2 aromatic rings. The number of ether oxygens (including phenoxy) is 2. The van der Waals surface area contributed by atoms with Gasteiger partial charge in [0.05, 0.1) is 19.2 Å². The summed E-state index contributed by atoms with van der Waals surface area (Å²) in [5, 5.41) is 5.68. The molecular formula is C20H21ClN2O5. The zero-order valence-electron chi connectivity index (χ0n) is 15.6. The van der Waals surface area contributed by atoms with E-state index in [1.165, 1.54) is 13.2 Å². The van der Waals surface area contributed by atoms with E-state index < -0.39 is 18.5 Å². The number of hydrogen-bond acceptors (Lipinski definition) is 5. The third-order valence-corrected chi connectivity index (χ3v) is 3.89. The van der Waals surface area contributed by atoms with Crippen LogP contribution in [0.3, 0.4) is 0 Å². The second-order valence-corrected chi connectivity index (χ2v) is 6.41. The van der Waals surface area contributed by atoms with Crippen molar-refractivity contribution in [3.63, 3.8) is 0 Å². The first-order valence-electron chi connectivity index (χ1n) is 8.53. The zero-order valence-corrected chi connectivity index (χ0v) is 16.3. The molecule has 0 heterocycles. The quantitative estimate of drug-likeness (QED) is 0.656. The van der Waals surface area contributed by atoms with E-state index >= 15 is 0 Å². The van der Waals surface area contributed by atoms with Gasteiger partial charge in [0.1, 0.15) is 5.75 Å². The van der Waals surface area contributed by atoms with Crippen LogP contribution < -0.4 is 15.4 Å². The van der Waals surface area contributed by atoms with Gasteiger partial charge in [-0.05, 0) is 42.8 Å². The van der Waals surface area contributed by atoms with E-state index in [0.717, 1.165) is 5.56 Å². The Morgan fingerprint density at radius 2 is 1.79 bits per heavy atom. The van der Waals surface area contributed by atoms with Crippen molar-refractivity contribution in [1.82, 2.24) is 0 Å². The summed E-state index contributed by atoms with van der Waals surface area (Å²) >= 11 is 5.89. The normalized spacial score (nSPS) is 10.1. The fourth-order valence-corrected chi connectivity index (χ4v) is 2.52. The smallest absolute Gasteiger partial charge is 0.306 e. The third kappa shape index (κ3) is 6.92. The van der Waals surface area contributed by atoms with Crippen LogP contribution >= 0.6 is 11.6 Å². The standard InChI is InChI=1S/C20H21ClN2O5/c1-13-4-3-5-15(10-13)22-18(24)8-9-20(26)28-12-19(25)23-16-11-14(21)6-7-17(16)27-2/h3-7,10-11H,8-9,12H2,1-2H3,(H,22,24)(H,23,25). The molecule has 8 heteroatoms. The molecule has 28 heavy (non-hydrogen) atoms. The molecule has 0 atom stereocenters. The van der Waals surface area contributed by atoms with Gasteiger partial charge in [-0.15, -0.1) is 0 Å². The maximum absolute atomic E-state index is 11.9. The first kappa shape index (κ1) is 21.2. The van der Waals surface area contributed by atoms with Gasteiger partial charge in [0.15, 0.2) is 6.61 Å². The van der Waals surface area contributed by atoms with Crippen molar-refractivity contribution in [3.05, 3.63) is 53.1 Å². The molecule has 0 spiro atoms. The monoisotopic (exact) mass is 404 g/mol. The molecule has 0 unspecified atom stereocenters. The van der Waals surface area contributed by atoms with Crippen molar-refractivity contribution in [2.45, 2.75) is 19.8 Å².